The summed E-state index contributed by atoms with van der Waals surface area (Å²) in [6.07, 6.45) is 14.2. The zero-order valence-corrected chi connectivity index (χ0v) is 16.0. The van der Waals surface area contributed by atoms with Crippen LogP contribution in [0.2, 0.25) is 0 Å². The van der Waals surface area contributed by atoms with Gasteiger partial charge in [-0.2, -0.15) is 8.42 Å². The van der Waals surface area contributed by atoms with E-state index in [1.165, 1.54) is 69.8 Å². The zero-order chi connectivity index (χ0) is 18.3. The fourth-order valence-corrected chi connectivity index (χ4v) is 2.71. The smallest absolute Gasteiger partial charge is 0.264 e. The van der Waals surface area contributed by atoms with E-state index in [4.69, 9.17) is 17.5 Å². The average molecular weight is 359 g/mol. The first-order chi connectivity index (χ1) is 11.3. The molecule has 1 unspecified atom stereocenters. The third kappa shape index (κ3) is 17.4. The van der Waals surface area contributed by atoms with Crippen molar-refractivity contribution in [3.05, 3.63) is 35.9 Å². The van der Waals surface area contributed by atoms with Gasteiger partial charge in [-0.15, -0.1) is 0 Å². The second kappa shape index (κ2) is 14.4. The van der Waals surface area contributed by atoms with Crippen molar-refractivity contribution in [1.82, 2.24) is 0 Å². The molecular formula is C19H34O4S. The molecule has 0 saturated heterocycles. The Labute approximate surface area is 148 Å². The Morgan fingerprint density at radius 2 is 1.25 bits per heavy atom. The molecule has 0 aromatic heterocycles. The minimum absolute atomic E-state index is 0.728. The largest absolute Gasteiger partial charge is 0.394 e. The van der Waals surface area contributed by atoms with E-state index < -0.39 is 10.4 Å². The number of rotatable bonds is 11. The van der Waals surface area contributed by atoms with Crippen LogP contribution in [0.3, 0.4) is 0 Å². The van der Waals surface area contributed by atoms with Crippen molar-refractivity contribution >= 4 is 10.4 Å². The van der Waals surface area contributed by atoms with E-state index in [0.29, 0.717) is 0 Å². The fourth-order valence-electron chi connectivity index (χ4n) is 2.71. The van der Waals surface area contributed by atoms with Crippen LogP contribution >= 0.6 is 0 Å². The van der Waals surface area contributed by atoms with Gasteiger partial charge < -0.3 is 0 Å². The molecule has 0 aliphatic rings. The maximum absolute atomic E-state index is 8.74. The molecule has 2 N–H and O–H groups in total. The summed E-state index contributed by atoms with van der Waals surface area (Å²) >= 11 is 0. The van der Waals surface area contributed by atoms with Gasteiger partial charge in [-0.1, -0.05) is 102 Å². The summed E-state index contributed by atoms with van der Waals surface area (Å²) in [6.45, 7) is 4.65. The molecule has 0 spiro atoms. The van der Waals surface area contributed by atoms with Gasteiger partial charge in [-0.25, -0.2) is 0 Å². The molecule has 0 bridgehead atoms. The summed E-state index contributed by atoms with van der Waals surface area (Å²) in [6, 6.07) is 10.9. The topological polar surface area (TPSA) is 74.6 Å². The predicted molar refractivity (Wildman–Crippen MR) is 101 cm³/mol. The molecule has 0 aliphatic carbocycles. The second-order valence-electron chi connectivity index (χ2n) is 6.38. The van der Waals surface area contributed by atoms with Gasteiger partial charge in [-0.05, 0) is 17.9 Å². The highest BCUT2D eigenvalue weighted by Crippen LogP contribution is 2.21. The molecule has 0 saturated carbocycles. The van der Waals surface area contributed by atoms with Crippen LogP contribution in [0.15, 0.2) is 30.3 Å². The first-order valence-electron chi connectivity index (χ1n) is 9.09. The van der Waals surface area contributed by atoms with E-state index in [-0.39, 0.29) is 0 Å². The van der Waals surface area contributed by atoms with Gasteiger partial charge in [0.1, 0.15) is 0 Å². The van der Waals surface area contributed by atoms with Crippen LogP contribution < -0.4 is 0 Å². The molecule has 0 radical (unpaired) electrons. The van der Waals surface area contributed by atoms with Gasteiger partial charge in [-0.3, -0.25) is 9.11 Å². The highest BCUT2D eigenvalue weighted by molar-refractivity contribution is 7.79. The Morgan fingerprint density at radius 3 is 1.71 bits per heavy atom. The van der Waals surface area contributed by atoms with E-state index in [9.17, 15) is 0 Å². The fraction of sp³-hybridized carbons (Fsp3) is 0.684. The van der Waals surface area contributed by atoms with E-state index in [1.54, 1.807) is 0 Å². The van der Waals surface area contributed by atoms with Crippen molar-refractivity contribution in [3.8, 4) is 0 Å². The lowest BCUT2D eigenvalue weighted by Gasteiger charge is -2.11. The van der Waals surface area contributed by atoms with Gasteiger partial charge >= 0.3 is 10.4 Å². The Bertz CT molecular complexity index is 477. The third-order valence-corrected chi connectivity index (χ3v) is 4.11. The molecule has 1 atom stereocenters. The summed E-state index contributed by atoms with van der Waals surface area (Å²) in [5.74, 6) is 0.728. The second-order valence-corrected chi connectivity index (χ2v) is 7.27. The Morgan fingerprint density at radius 1 is 0.833 bits per heavy atom. The highest BCUT2D eigenvalue weighted by Gasteiger charge is 2.03. The van der Waals surface area contributed by atoms with E-state index in [2.05, 4.69) is 44.2 Å². The molecule has 140 valence electrons. The lowest BCUT2D eigenvalue weighted by Crippen LogP contribution is -1.93. The van der Waals surface area contributed by atoms with Gasteiger partial charge in [0.2, 0.25) is 0 Å². The van der Waals surface area contributed by atoms with Crippen LogP contribution in [-0.2, 0) is 10.4 Å². The first kappa shape index (κ1) is 23.1. The highest BCUT2D eigenvalue weighted by atomic mass is 32.3. The number of unbranched alkanes of at least 4 members (excludes halogenated alkanes) is 8. The molecule has 0 heterocycles. The molecule has 1 aromatic rings. The minimum atomic E-state index is -4.67. The minimum Gasteiger partial charge on any atom is -0.264 e. The van der Waals surface area contributed by atoms with Crippen LogP contribution in [0, 0.1) is 0 Å². The van der Waals surface area contributed by atoms with Gasteiger partial charge in [0, 0.05) is 0 Å². The Kier molecular flexibility index (Phi) is 13.9. The molecule has 5 heteroatoms. The Balaban J connectivity index is 0.000000922. The molecule has 1 aromatic carbocycles. The molecule has 0 fully saturated rings. The Hall–Kier alpha value is -0.910. The van der Waals surface area contributed by atoms with E-state index >= 15 is 0 Å². The summed E-state index contributed by atoms with van der Waals surface area (Å²) in [5, 5.41) is 0. The summed E-state index contributed by atoms with van der Waals surface area (Å²) < 4.78 is 31.6. The third-order valence-electron chi connectivity index (χ3n) is 4.11. The van der Waals surface area contributed by atoms with Crippen LogP contribution in [0.1, 0.15) is 89.5 Å². The first-order valence-corrected chi connectivity index (χ1v) is 10.5. The summed E-state index contributed by atoms with van der Waals surface area (Å²) in [7, 11) is -4.67. The molecular weight excluding hydrogens is 324 g/mol. The summed E-state index contributed by atoms with van der Waals surface area (Å²) in [5.41, 5.74) is 1.50. The van der Waals surface area contributed by atoms with Crippen molar-refractivity contribution in [1.29, 1.82) is 0 Å². The van der Waals surface area contributed by atoms with Gasteiger partial charge in [0.15, 0.2) is 0 Å². The molecule has 1 rings (SSSR count). The number of hydrogen-bond acceptors (Lipinski definition) is 2. The quantitative estimate of drug-likeness (QED) is 0.372. The molecule has 0 aliphatic heterocycles. The monoisotopic (exact) mass is 358 g/mol. The van der Waals surface area contributed by atoms with Crippen molar-refractivity contribution in [2.45, 2.75) is 84.0 Å². The number of hydrogen-bond donors (Lipinski definition) is 2. The number of benzene rings is 1. The molecule has 0 amide bonds. The lowest BCUT2D eigenvalue weighted by molar-refractivity contribution is 0.381. The van der Waals surface area contributed by atoms with Crippen LogP contribution in [-0.4, -0.2) is 17.5 Å². The lowest BCUT2D eigenvalue weighted by atomic mass is 9.95. The normalized spacial score (nSPS) is 12.3. The van der Waals surface area contributed by atoms with Crippen molar-refractivity contribution in [2.24, 2.45) is 0 Å². The SMILES string of the molecule is CCCCCCCCCCCC(C)c1ccccc1.O=S(=O)(O)O. The predicted octanol–water partition coefficient (Wildman–Crippen LogP) is 6.06. The van der Waals surface area contributed by atoms with E-state index in [0.717, 1.165) is 5.92 Å². The average Bonchev–Trinajstić information content (AvgIpc) is 2.52. The van der Waals surface area contributed by atoms with Gasteiger partial charge in [0.25, 0.3) is 0 Å². The maximum Gasteiger partial charge on any atom is 0.394 e. The van der Waals surface area contributed by atoms with Crippen molar-refractivity contribution in [3.63, 3.8) is 0 Å². The maximum atomic E-state index is 8.74. The van der Waals surface area contributed by atoms with Crippen LogP contribution in [0.5, 0.6) is 0 Å². The van der Waals surface area contributed by atoms with Crippen molar-refractivity contribution in [2.75, 3.05) is 0 Å². The van der Waals surface area contributed by atoms with Gasteiger partial charge in [0.05, 0.1) is 0 Å². The van der Waals surface area contributed by atoms with Crippen LogP contribution in [0.4, 0.5) is 0 Å². The van der Waals surface area contributed by atoms with E-state index in [1.807, 2.05) is 0 Å². The van der Waals surface area contributed by atoms with Crippen molar-refractivity contribution < 1.29 is 17.5 Å². The molecule has 24 heavy (non-hydrogen) atoms. The summed E-state index contributed by atoms with van der Waals surface area (Å²) in [4.78, 5) is 0. The zero-order valence-electron chi connectivity index (χ0n) is 15.2. The van der Waals surface area contributed by atoms with Crippen LogP contribution in [0.25, 0.3) is 0 Å². The molecule has 4 nitrogen and oxygen atoms in total. The standard InChI is InChI=1S/C19H32.H2O4S/c1-3-4-5-6-7-8-9-10-12-15-18(2)19-16-13-11-14-17-19;1-5(2,3)4/h11,13-14,16-18H,3-10,12,15H2,1-2H3;(H2,1,2,3,4).